The number of hydrazine groups is 1. The van der Waals surface area contributed by atoms with Gasteiger partial charge < -0.3 is 5.11 Å². The third kappa shape index (κ3) is 4.47. The van der Waals surface area contributed by atoms with Crippen molar-refractivity contribution in [3.05, 3.63) is 29.8 Å². The standard InChI is InChI=1S/C15H20N2O3S/c1-2-16-8-4-7-14(18)17(16)10-12-5-3-6-13(9-12)21-11-15(19)20/h3,5-6,9H,2,4,7-8,10-11H2,1H3,(H,19,20). The molecule has 1 aliphatic rings. The van der Waals surface area contributed by atoms with E-state index in [0.29, 0.717) is 13.0 Å². The van der Waals surface area contributed by atoms with Gasteiger partial charge in [0.05, 0.1) is 12.3 Å². The maximum absolute atomic E-state index is 12.1. The fourth-order valence-corrected chi connectivity index (χ4v) is 3.09. The van der Waals surface area contributed by atoms with Crippen LogP contribution in [0.25, 0.3) is 0 Å². The van der Waals surface area contributed by atoms with Crippen LogP contribution in [0.2, 0.25) is 0 Å². The number of hydrogen-bond donors (Lipinski definition) is 1. The lowest BCUT2D eigenvalue weighted by Gasteiger charge is -2.38. The fraction of sp³-hybridized carbons (Fsp3) is 0.467. The Morgan fingerprint density at radius 1 is 1.43 bits per heavy atom. The number of benzene rings is 1. The quantitative estimate of drug-likeness (QED) is 0.817. The van der Waals surface area contributed by atoms with Crippen LogP contribution in [0.15, 0.2) is 29.2 Å². The normalized spacial score (nSPS) is 16.2. The average Bonchev–Trinajstić information content (AvgIpc) is 2.47. The summed E-state index contributed by atoms with van der Waals surface area (Å²) in [5.41, 5.74) is 1.03. The van der Waals surface area contributed by atoms with Crippen molar-refractivity contribution in [2.24, 2.45) is 0 Å². The number of nitrogens with zero attached hydrogens (tertiary/aromatic N) is 2. The van der Waals surface area contributed by atoms with Gasteiger partial charge >= 0.3 is 5.97 Å². The largest absolute Gasteiger partial charge is 0.481 e. The Labute approximate surface area is 128 Å². The highest BCUT2D eigenvalue weighted by molar-refractivity contribution is 8.00. The molecule has 114 valence electrons. The van der Waals surface area contributed by atoms with Crippen molar-refractivity contribution >= 4 is 23.6 Å². The van der Waals surface area contributed by atoms with Crippen molar-refractivity contribution in [1.29, 1.82) is 0 Å². The first-order valence-electron chi connectivity index (χ1n) is 7.09. The van der Waals surface area contributed by atoms with E-state index in [2.05, 4.69) is 5.01 Å². The Morgan fingerprint density at radius 2 is 2.24 bits per heavy atom. The number of carboxylic acid groups (broad SMARTS) is 1. The molecule has 0 atom stereocenters. The van der Waals surface area contributed by atoms with E-state index < -0.39 is 5.97 Å². The molecule has 6 heteroatoms. The molecular formula is C15H20N2O3S. The van der Waals surface area contributed by atoms with Crippen molar-refractivity contribution in [1.82, 2.24) is 10.0 Å². The van der Waals surface area contributed by atoms with Gasteiger partial charge in [-0.1, -0.05) is 19.1 Å². The molecule has 5 nitrogen and oxygen atoms in total. The second-order valence-corrected chi connectivity index (χ2v) is 5.98. The number of hydrogen-bond acceptors (Lipinski definition) is 4. The zero-order chi connectivity index (χ0) is 15.2. The summed E-state index contributed by atoms with van der Waals surface area (Å²) in [7, 11) is 0. The maximum Gasteiger partial charge on any atom is 0.313 e. The van der Waals surface area contributed by atoms with E-state index in [1.54, 1.807) is 0 Å². The second kappa shape index (κ2) is 7.47. The number of carbonyl (C=O) groups is 2. The molecule has 21 heavy (non-hydrogen) atoms. The van der Waals surface area contributed by atoms with Crippen molar-refractivity contribution in [2.45, 2.75) is 31.2 Å². The molecule has 1 N–H and O–H groups in total. The van der Waals surface area contributed by atoms with E-state index in [4.69, 9.17) is 5.11 Å². The molecule has 1 heterocycles. The highest BCUT2D eigenvalue weighted by Crippen LogP contribution is 2.21. The summed E-state index contributed by atoms with van der Waals surface area (Å²) < 4.78 is 0. The molecule has 1 fully saturated rings. The Morgan fingerprint density at radius 3 is 2.95 bits per heavy atom. The molecule has 1 aromatic carbocycles. The SMILES string of the molecule is CCN1CCCC(=O)N1Cc1cccc(SCC(=O)O)c1. The molecule has 1 saturated heterocycles. The van der Waals surface area contributed by atoms with Crippen LogP contribution in [0, 0.1) is 0 Å². The van der Waals surface area contributed by atoms with E-state index in [-0.39, 0.29) is 11.7 Å². The molecule has 1 amide bonds. The number of rotatable bonds is 6. The highest BCUT2D eigenvalue weighted by atomic mass is 32.2. The number of amides is 1. The van der Waals surface area contributed by atoms with E-state index >= 15 is 0 Å². The minimum absolute atomic E-state index is 0.0488. The predicted octanol–water partition coefficient (Wildman–Crippen LogP) is 2.22. The van der Waals surface area contributed by atoms with Crippen LogP contribution >= 0.6 is 11.8 Å². The Kier molecular flexibility index (Phi) is 5.64. The van der Waals surface area contributed by atoms with Gasteiger partial charge in [-0.05, 0) is 24.1 Å². The lowest BCUT2D eigenvalue weighted by molar-refractivity contribution is -0.156. The van der Waals surface area contributed by atoms with Crippen LogP contribution in [0.5, 0.6) is 0 Å². The molecular weight excluding hydrogens is 288 g/mol. The second-order valence-electron chi connectivity index (χ2n) is 4.93. The maximum atomic E-state index is 12.1. The Bertz CT molecular complexity index is 521. The van der Waals surface area contributed by atoms with E-state index in [1.165, 1.54) is 11.8 Å². The lowest BCUT2D eigenvalue weighted by atomic mass is 10.2. The molecule has 0 spiro atoms. The summed E-state index contributed by atoms with van der Waals surface area (Å²) in [6.45, 7) is 4.33. The first kappa shape index (κ1) is 15.9. The van der Waals surface area contributed by atoms with Crippen LogP contribution < -0.4 is 0 Å². The zero-order valence-corrected chi connectivity index (χ0v) is 12.9. The molecule has 0 bridgehead atoms. The van der Waals surface area contributed by atoms with Crippen LogP contribution in [0.3, 0.4) is 0 Å². The van der Waals surface area contributed by atoms with Gasteiger partial charge in [-0.15, -0.1) is 11.8 Å². The molecule has 0 aliphatic carbocycles. The minimum atomic E-state index is -0.825. The average molecular weight is 308 g/mol. The van der Waals surface area contributed by atoms with Crippen molar-refractivity contribution in [2.75, 3.05) is 18.8 Å². The summed E-state index contributed by atoms with van der Waals surface area (Å²) in [5.74, 6) is -0.617. The van der Waals surface area contributed by atoms with Gasteiger partial charge in [0.25, 0.3) is 0 Å². The summed E-state index contributed by atoms with van der Waals surface area (Å²) in [6.07, 6.45) is 1.52. The summed E-state index contributed by atoms with van der Waals surface area (Å²) in [4.78, 5) is 23.6. The van der Waals surface area contributed by atoms with E-state index in [9.17, 15) is 9.59 Å². The Hall–Kier alpha value is -1.53. The highest BCUT2D eigenvalue weighted by Gasteiger charge is 2.24. The first-order valence-corrected chi connectivity index (χ1v) is 8.07. The smallest absolute Gasteiger partial charge is 0.313 e. The molecule has 0 radical (unpaired) electrons. The molecule has 0 saturated carbocycles. The van der Waals surface area contributed by atoms with Crippen LogP contribution in [-0.4, -0.2) is 45.8 Å². The van der Waals surface area contributed by atoms with Gasteiger partial charge in [0.1, 0.15) is 0 Å². The van der Waals surface area contributed by atoms with Gasteiger partial charge in [-0.2, -0.15) is 0 Å². The zero-order valence-electron chi connectivity index (χ0n) is 12.1. The summed E-state index contributed by atoms with van der Waals surface area (Å²) in [6, 6.07) is 7.74. The topological polar surface area (TPSA) is 60.9 Å². The monoisotopic (exact) mass is 308 g/mol. The van der Waals surface area contributed by atoms with Gasteiger partial charge in [0.15, 0.2) is 0 Å². The number of thioether (sulfide) groups is 1. The van der Waals surface area contributed by atoms with Gasteiger partial charge in [0, 0.05) is 24.4 Å². The predicted molar refractivity (Wildman–Crippen MR) is 81.8 cm³/mol. The summed E-state index contributed by atoms with van der Waals surface area (Å²) >= 11 is 1.30. The third-order valence-electron chi connectivity index (χ3n) is 3.39. The minimum Gasteiger partial charge on any atom is -0.481 e. The first-order chi connectivity index (χ1) is 10.1. The van der Waals surface area contributed by atoms with Crippen LogP contribution in [0.1, 0.15) is 25.3 Å². The third-order valence-corrected chi connectivity index (χ3v) is 4.37. The van der Waals surface area contributed by atoms with Gasteiger partial charge in [-0.25, -0.2) is 5.01 Å². The van der Waals surface area contributed by atoms with Crippen molar-refractivity contribution < 1.29 is 14.7 Å². The molecule has 1 aromatic rings. The van der Waals surface area contributed by atoms with Crippen molar-refractivity contribution in [3.63, 3.8) is 0 Å². The molecule has 0 aromatic heterocycles. The lowest BCUT2D eigenvalue weighted by Crippen LogP contribution is -2.49. The fourth-order valence-electron chi connectivity index (χ4n) is 2.39. The number of aliphatic carboxylic acids is 1. The molecule has 2 rings (SSSR count). The van der Waals surface area contributed by atoms with Crippen LogP contribution in [0.4, 0.5) is 0 Å². The molecule has 1 aliphatic heterocycles. The van der Waals surface area contributed by atoms with Crippen molar-refractivity contribution in [3.8, 4) is 0 Å². The van der Waals surface area contributed by atoms with E-state index in [0.717, 1.165) is 30.0 Å². The van der Waals surface area contributed by atoms with Crippen LogP contribution in [-0.2, 0) is 16.1 Å². The van der Waals surface area contributed by atoms with E-state index in [1.807, 2.05) is 36.2 Å². The molecule has 0 unspecified atom stereocenters. The van der Waals surface area contributed by atoms with Gasteiger partial charge in [-0.3, -0.25) is 14.6 Å². The van der Waals surface area contributed by atoms with Gasteiger partial charge in [0.2, 0.25) is 5.91 Å². The number of carbonyl (C=O) groups excluding carboxylic acids is 1. The summed E-state index contributed by atoms with van der Waals surface area (Å²) in [5, 5.41) is 12.6. The number of carboxylic acids is 1. The Balaban J connectivity index is 2.05.